The zero-order chi connectivity index (χ0) is 31.1. The van der Waals surface area contributed by atoms with Crippen molar-refractivity contribution in [1.29, 1.82) is 0 Å². The van der Waals surface area contributed by atoms with Gasteiger partial charge in [0.25, 0.3) is 0 Å². The number of H-pyrrole nitrogens is 1. The Kier molecular flexibility index (Phi) is 6.97. The van der Waals surface area contributed by atoms with Crippen LogP contribution in [0.3, 0.4) is 0 Å². The van der Waals surface area contributed by atoms with Crippen molar-refractivity contribution in [3.63, 3.8) is 0 Å². The number of carbonyl (C=O) groups excluding carboxylic acids is 2. The molecule has 2 N–H and O–H groups in total. The van der Waals surface area contributed by atoms with E-state index in [-0.39, 0.29) is 24.9 Å². The van der Waals surface area contributed by atoms with Crippen molar-refractivity contribution in [2.24, 2.45) is 11.3 Å². The van der Waals surface area contributed by atoms with E-state index in [9.17, 15) is 14.7 Å². The fourth-order valence-electron chi connectivity index (χ4n) is 9.24. The first kappa shape index (κ1) is 30.1. The van der Waals surface area contributed by atoms with Crippen LogP contribution < -0.4 is 0 Å². The quantitative estimate of drug-likeness (QED) is 0.325. The summed E-state index contributed by atoms with van der Waals surface area (Å²) in [6.07, 6.45) is 2.01. The van der Waals surface area contributed by atoms with Crippen LogP contribution in [0, 0.1) is 11.3 Å². The second kappa shape index (κ2) is 10.2. The van der Waals surface area contributed by atoms with Gasteiger partial charge in [0.15, 0.2) is 17.7 Å². The number of nitrogens with one attached hydrogen (secondary N) is 1. The summed E-state index contributed by atoms with van der Waals surface area (Å²) in [5.74, 6) is -2.03. The second-order valence-electron chi connectivity index (χ2n) is 14.0. The molecule has 1 spiro atoms. The van der Waals surface area contributed by atoms with E-state index in [1.54, 1.807) is 7.11 Å². The minimum absolute atomic E-state index is 0.0788. The SMILES string of the molecule is COCCOCCOCC(=O)O[C@H]1CC2Cc3c([nH]c4ccccc34)[C@]2(C)C2(C)CC[C@@]34OC(C(=O)C=C3[C@]12O)C(C)(C)O4. The van der Waals surface area contributed by atoms with Gasteiger partial charge in [0.05, 0.1) is 26.4 Å². The monoisotopic (exact) mass is 609 g/mol. The zero-order valence-corrected chi connectivity index (χ0v) is 26.2. The third kappa shape index (κ3) is 3.94. The number of methoxy groups -OCH3 is 1. The molecular weight excluding hydrogens is 566 g/mol. The number of aliphatic hydroxyl groups is 1. The number of ether oxygens (including phenoxy) is 6. The molecule has 0 radical (unpaired) electrons. The molecule has 2 bridgehead atoms. The molecule has 0 amide bonds. The van der Waals surface area contributed by atoms with Crippen LogP contribution in [0.1, 0.15) is 58.2 Å². The number of para-hydroxylation sites is 1. The molecule has 5 aliphatic rings. The summed E-state index contributed by atoms with van der Waals surface area (Å²) in [4.78, 5) is 30.5. The van der Waals surface area contributed by atoms with Gasteiger partial charge in [-0.15, -0.1) is 0 Å². The number of aromatic nitrogens is 1. The topological polar surface area (TPSA) is 126 Å². The molecular formula is C34H43NO9. The Balaban J connectivity index is 1.26. The highest BCUT2D eigenvalue weighted by Crippen LogP contribution is 2.72. The molecule has 3 heterocycles. The number of ketones is 1. The van der Waals surface area contributed by atoms with E-state index >= 15 is 0 Å². The van der Waals surface area contributed by atoms with E-state index in [2.05, 4.69) is 31.0 Å². The average Bonchev–Trinajstić information content (AvgIpc) is 3.57. The Morgan fingerprint density at radius 3 is 2.61 bits per heavy atom. The number of rotatable bonds is 9. The number of hydrogen-bond acceptors (Lipinski definition) is 9. The maximum absolute atomic E-state index is 13.5. The molecule has 1 aromatic heterocycles. The molecule has 1 aromatic carbocycles. The van der Waals surface area contributed by atoms with Gasteiger partial charge in [-0.2, -0.15) is 0 Å². The van der Waals surface area contributed by atoms with Crippen LogP contribution >= 0.6 is 0 Å². The summed E-state index contributed by atoms with van der Waals surface area (Å²) in [6.45, 7) is 9.16. The van der Waals surface area contributed by atoms with Crippen molar-refractivity contribution in [3.8, 4) is 0 Å². The van der Waals surface area contributed by atoms with Crippen molar-refractivity contribution < 1.29 is 43.1 Å². The number of fused-ring (bicyclic) bond motifs is 9. The summed E-state index contributed by atoms with van der Waals surface area (Å²) in [7, 11) is 1.60. The van der Waals surface area contributed by atoms with Gasteiger partial charge < -0.3 is 38.5 Å². The molecule has 3 fully saturated rings. The number of carbonyl (C=O) groups is 2. The Hall–Kier alpha value is -2.60. The molecule has 3 aliphatic carbocycles. The number of esters is 1. The predicted octanol–water partition coefficient (Wildman–Crippen LogP) is 3.52. The van der Waals surface area contributed by atoms with Crippen LogP contribution in [-0.2, 0) is 49.8 Å². The molecule has 10 heteroatoms. The largest absolute Gasteiger partial charge is 0.457 e. The van der Waals surface area contributed by atoms with Gasteiger partial charge in [-0.05, 0) is 56.7 Å². The molecule has 10 nitrogen and oxygen atoms in total. The summed E-state index contributed by atoms with van der Waals surface area (Å²) >= 11 is 0. The average molecular weight is 610 g/mol. The van der Waals surface area contributed by atoms with Crippen LogP contribution in [0.2, 0.25) is 0 Å². The van der Waals surface area contributed by atoms with E-state index in [0.717, 1.165) is 17.6 Å². The van der Waals surface area contributed by atoms with E-state index in [1.165, 1.54) is 17.0 Å². The predicted molar refractivity (Wildman–Crippen MR) is 159 cm³/mol. The third-order valence-corrected chi connectivity index (χ3v) is 11.5. The maximum Gasteiger partial charge on any atom is 0.332 e. The highest BCUT2D eigenvalue weighted by Gasteiger charge is 2.78. The number of hydrogen-bond donors (Lipinski definition) is 2. The van der Waals surface area contributed by atoms with Crippen molar-refractivity contribution >= 4 is 22.7 Å². The van der Waals surface area contributed by atoms with Crippen LogP contribution in [0.15, 0.2) is 35.9 Å². The van der Waals surface area contributed by atoms with Gasteiger partial charge in [-0.25, -0.2) is 4.79 Å². The van der Waals surface area contributed by atoms with Gasteiger partial charge in [0.2, 0.25) is 0 Å². The minimum Gasteiger partial charge on any atom is -0.457 e. The first-order valence-corrected chi connectivity index (χ1v) is 15.7. The Labute approximate surface area is 257 Å². The molecule has 2 saturated carbocycles. The summed E-state index contributed by atoms with van der Waals surface area (Å²) in [5, 5.41) is 14.5. The van der Waals surface area contributed by atoms with Crippen molar-refractivity contribution in [3.05, 3.63) is 47.2 Å². The lowest BCUT2D eigenvalue weighted by Gasteiger charge is -2.67. The Morgan fingerprint density at radius 1 is 1.07 bits per heavy atom. The zero-order valence-electron chi connectivity index (χ0n) is 26.2. The van der Waals surface area contributed by atoms with E-state index < -0.39 is 46.0 Å². The molecule has 3 unspecified atom stereocenters. The lowest BCUT2D eigenvalue weighted by molar-refractivity contribution is -0.277. The van der Waals surface area contributed by atoms with Crippen molar-refractivity contribution in [1.82, 2.24) is 4.98 Å². The van der Waals surface area contributed by atoms with Gasteiger partial charge in [-0.1, -0.05) is 32.0 Å². The Morgan fingerprint density at radius 2 is 1.82 bits per heavy atom. The van der Waals surface area contributed by atoms with Crippen molar-refractivity contribution in [2.45, 2.75) is 88.0 Å². The van der Waals surface area contributed by atoms with Gasteiger partial charge in [0, 0.05) is 46.5 Å². The van der Waals surface area contributed by atoms with Crippen LogP contribution in [-0.4, -0.2) is 91.2 Å². The first-order valence-electron chi connectivity index (χ1n) is 15.7. The maximum atomic E-state index is 13.5. The van der Waals surface area contributed by atoms with E-state index in [1.807, 2.05) is 26.0 Å². The standard InChI is InChI=1S/C34H43NO9/c1-30(2)29-24(36)18-25-33(43-29,44-30)11-10-31(3)32(4)20(16-22-21-8-6-7-9-23(21)35-28(22)32)17-26(34(25,31)38)42-27(37)19-41-15-14-40-13-12-39-5/h6-9,18,20,26,29,35,38H,10-17,19H2,1-5H3/t20?,26-,29?,31?,32+,33-,34-/m0/s1. The molecule has 2 aliphatic heterocycles. The fourth-order valence-corrected chi connectivity index (χ4v) is 9.24. The lowest BCUT2D eigenvalue weighted by Crippen LogP contribution is -2.75. The molecule has 238 valence electrons. The van der Waals surface area contributed by atoms with Crippen molar-refractivity contribution in [2.75, 3.05) is 40.1 Å². The number of benzene rings is 1. The first-order chi connectivity index (χ1) is 20.9. The second-order valence-corrected chi connectivity index (χ2v) is 14.0. The highest BCUT2D eigenvalue weighted by molar-refractivity contribution is 5.97. The minimum atomic E-state index is -1.75. The summed E-state index contributed by atoms with van der Waals surface area (Å²) in [5.41, 5.74) is -0.225. The smallest absolute Gasteiger partial charge is 0.332 e. The van der Waals surface area contributed by atoms with Crippen LogP contribution in [0.25, 0.3) is 10.9 Å². The lowest BCUT2D eigenvalue weighted by atomic mass is 9.41. The van der Waals surface area contributed by atoms with Gasteiger partial charge in [0.1, 0.15) is 23.9 Å². The third-order valence-electron chi connectivity index (χ3n) is 11.5. The summed E-state index contributed by atoms with van der Waals surface area (Å²) in [6, 6.07) is 8.28. The molecule has 44 heavy (non-hydrogen) atoms. The molecule has 1 saturated heterocycles. The summed E-state index contributed by atoms with van der Waals surface area (Å²) < 4.78 is 35.1. The molecule has 7 atom stereocenters. The van der Waals surface area contributed by atoms with Crippen LogP contribution in [0.4, 0.5) is 0 Å². The van der Waals surface area contributed by atoms with E-state index in [4.69, 9.17) is 28.4 Å². The molecule has 7 rings (SSSR count). The number of aromatic amines is 1. The van der Waals surface area contributed by atoms with Crippen LogP contribution in [0.5, 0.6) is 0 Å². The van der Waals surface area contributed by atoms with Gasteiger partial charge >= 0.3 is 5.97 Å². The Bertz CT molecular complexity index is 1530. The van der Waals surface area contributed by atoms with E-state index in [0.29, 0.717) is 44.7 Å². The highest BCUT2D eigenvalue weighted by atomic mass is 16.8. The molecule has 2 aromatic rings. The fraction of sp³-hybridized carbons (Fsp3) is 0.647. The normalized spacial score (nSPS) is 38.1. The van der Waals surface area contributed by atoms with Gasteiger partial charge in [-0.3, -0.25) is 4.79 Å².